The van der Waals surface area contributed by atoms with Gasteiger partial charge in [0.25, 0.3) is 5.91 Å². The molecule has 1 heterocycles. The van der Waals surface area contributed by atoms with Gasteiger partial charge in [0.05, 0.1) is 22.7 Å². The minimum absolute atomic E-state index is 0.248. The number of thiocarbonyl (C=S) groups is 1. The number of hydrogen-bond donors (Lipinski definition) is 1. The smallest absolute Gasteiger partial charge is 0.341 e. The number of aliphatic carboxylic acids is 1. The number of amides is 1. The number of carbonyl (C=O) groups excluding carboxylic acids is 1. The number of ether oxygens (including phenoxy) is 2. The van der Waals surface area contributed by atoms with Gasteiger partial charge in [-0.1, -0.05) is 47.7 Å². The Morgan fingerprint density at radius 3 is 2.61 bits per heavy atom. The number of rotatable bonds is 6. The molecular weight excluding hydrogens is 422 g/mol. The van der Waals surface area contributed by atoms with Crippen molar-refractivity contribution in [1.29, 1.82) is 0 Å². The lowest BCUT2D eigenvalue weighted by Crippen LogP contribution is -2.27. The van der Waals surface area contributed by atoms with Gasteiger partial charge in [-0.15, -0.1) is 0 Å². The summed E-state index contributed by atoms with van der Waals surface area (Å²) in [4.78, 5) is 25.2. The molecule has 0 bridgehead atoms. The molecule has 0 spiro atoms. The summed E-state index contributed by atoms with van der Waals surface area (Å²) in [6, 6.07) is 11.8. The summed E-state index contributed by atoms with van der Waals surface area (Å²) in [7, 11) is 1.52. The normalized spacial score (nSPS) is 15.2. The molecule has 144 valence electrons. The largest absolute Gasteiger partial charge is 0.495 e. The van der Waals surface area contributed by atoms with Crippen molar-refractivity contribution in [3.05, 3.63) is 58.0 Å². The van der Waals surface area contributed by atoms with E-state index in [9.17, 15) is 9.59 Å². The fraction of sp³-hybridized carbons (Fsp3) is 0.105. The Bertz CT molecular complexity index is 975. The van der Waals surface area contributed by atoms with E-state index in [0.717, 1.165) is 5.56 Å². The number of hydrogen-bond acceptors (Lipinski definition) is 6. The summed E-state index contributed by atoms with van der Waals surface area (Å²) in [5, 5.41) is 9.02. The Kier molecular flexibility index (Phi) is 6.23. The predicted molar refractivity (Wildman–Crippen MR) is 113 cm³/mol. The highest BCUT2D eigenvalue weighted by Gasteiger charge is 2.33. The number of benzene rings is 2. The zero-order valence-corrected chi connectivity index (χ0v) is 16.9. The lowest BCUT2D eigenvalue weighted by atomic mass is 10.2. The molecule has 3 rings (SSSR count). The standard InChI is InChI=1S/C19H14ClNO5S2/c1-25-15-7-4-12(9-14(15)20)21-18(24)16(28-19(21)27)8-11-2-5-13(6-3-11)26-10-17(22)23/h2-9H,10H2,1H3,(H,22,23)/b16-8+. The van der Waals surface area contributed by atoms with Gasteiger partial charge in [0, 0.05) is 0 Å². The summed E-state index contributed by atoms with van der Waals surface area (Å²) in [6.07, 6.45) is 1.71. The highest BCUT2D eigenvalue weighted by atomic mass is 35.5. The van der Waals surface area contributed by atoms with Gasteiger partial charge in [-0.25, -0.2) is 4.79 Å². The second kappa shape index (κ2) is 8.64. The number of thioether (sulfide) groups is 1. The quantitative estimate of drug-likeness (QED) is 0.537. The molecule has 1 N–H and O–H groups in total. The van der Waals surface area contributed by atoms with Crippen LogP contribution in [-0.2, 0) is 9.59 Å². The van der Waals surface area contributed by atoms with E-state index in [4.69, 9.17) is 38.4 Å². The lowest BCUT2D eigenvalue weighted by Gasteiger charge is -2.15. The van der Waals surface area contributed by atoms with E-state index in [1.54, 1.807) is 48.5 Å². The van der Waals surface area contributed by atoms with E-state index in [0.29, 0.717) is 31.4 Å². The van der Waals surface area contributed by atoms with Gasteiger partial charge in [-0.05, 0) is 42.0 Å². The minimum Gasteiger partial charge on any atom is -0.495 e. The molecule has 0 saturated carbocycles. The topological polar surface area (TPSA) is 76.1 Å². The fourth-order valence-corrected chi connectivity index (χ4v) is 3.99. The minimum atomic E-state index is -1.05. The summed E-state index contributed by atoms with van der Waals surface area (Å²) in [6.45, 7) is -0.414. The van der Waals surface area contributed by atoms with Crippen LogP contribution in [0, 0.1) is 0 Å². The maximum atomic E-state index is 12.8. The van der Waals surface area contributed by atoms with Crippen LogP contribution in [0.15, 0.2) is 47.4 Å². The van der Waals surface area contributed by atoms with Gasteiger partial charge >= 0.3 is 5.97 Å². The van der Waals surface area contributed by atoms with Crippen LogP contribution >= 0.6 is 35.6 Å². The molecule has 1 amide bonds. The molecule has 0 aromatic heterocycles. The van der Waals surface area contributed by atoms with E-state index in [-0.39, 0.29) is 5.91 Å². The maximum absolute atomic E-state index is 12.8. The molecule has 0 unspecified atom stereocenters. The highest BCUT2D eigenvalue weighted by Crippen LogP contribution is 2.38. The Hall–Kier alpha value is -2.55. The van der Waals surface area contributed by atoms with Gasteiger partial charge in [0.2, 0.25) is 0 Å². The maximum Gasteiger partial charge on any atom is 0.341 e. The molecular formula is C19H14ClNO5S2. The third kappa shape index (κ3) is 4.46. The average molecular weight is 436 g/mol. The molecule has 0 radical (unpaired) electrons. The van der Waals surface area contributed by atoms with E-state index in [2.05, 4.69) is 0 Å². The molecule has 2 aromatic rings. The fourth-order valence-electron chi connectivity index (χ4n) is 2.44. The summed E-state index contributed by atoms with van der Waals surface area (Å²) >= 11 is 12.7. The van der Waals surface area contributed by atoms with Crippen LogP contribution in [0.4, 0.5) is 5.69 Å². The molecule has 1 aliphatic heterocycles. The number of nitrogens with zero attached hydrogens (tertiary/aromatic N) is 1. The van der Waals surface area contributed by atoms with Gasteiger partial charge in [-0.2, -0.15) is 0 Å². The van der Waals surface area contributed by atoms with Crippen molar-refractivity contribution >= 4 is 63.5 Å². The third-order valence-electron chi connectivity index (χ3n) is 3.73. The predicted octanol–water partition coefficient (Wildman–Crippen LogP) is 4.22. The van der Waals surface area contributed by atoms with Gasteiger partial charge < -0.3 is 14.6 Å². The third-order valence-corrected chi connectivity index (χ3v) is 5.32. The Morgan fingerprint density at radius 1 is 1.29 bits per heavy atom. The highest BCUT2D eigenvalue weighted by molar-refractivity contribution is 8.27. The molecule has 0 aliphatic carbocycles. The van der Waals surface area contributed by atoms with Gasteiger partial charge in [0.1, 0.15) is 11.5 Å². The first-order valence-electron chi connectivity index (χ1n) is 7.95. The van der Waals surface area contributed by atoms with Crippen LogP contribution in [0.5, 0.6) is 11.5 Å². The molecule has 6 nitrogen and oxygen atoms in total. The van der Waals surface area contributed by atoms with Crippen molar-refractivity contribution < 1.29 is 24.2 Å². The number of carboxylic acid groups (broad SMARTS) is 1. The van der Waals surface area contributed by atoms with Crippen LogP contribution in [0.1, 0.15) is 5.56 Å². The van der Waals surface area contributed by atoms with Crippen LogP contribution in [0.2, 0.25) is 5.02 Å². The van der Waals surface area contributed by atoms with E-state index in [1.807, 2.05) is 0 Å². The molecule has 28 heavy (non-hydrogen) atoms. The van der Waals surface area contributed by atoms with Crippen LogP contribution in [-0.4, -0.2) is 35.0 Å². The SMILES string of the molecule is COc1ccc(N2C(=O)/C(=C\c3ccc(OCC(=O)O)cc3)SC2=S)cc1Cl. The Morgan fingerprint density at radius 2 is 2.00 bits per heavy atom. The van der Waals surface area contributed by atoms with Crippen molar-refractivity contribution in [2.75, 3.05) is 18.6 Å². The average Bonchev–Trinajstić information content (AvgIpc) is 2.94. The molecule has 1 fully saturated rings. The zero-order valence-electron chi connectivity index (χ0n) is 14.5. The second-order valence-corrected chi connectivity index (χ2v) is 7.67. The van der Waals surface area contributed by atoms with E-state index in [1.165, 1.54) is 23.8 Å². The number of carbonyl (C=O) groups is 2. The zero-order chi connectivity index (χ0) is 20.3. The number of methoxy groups -OCH3 is 1. The number of halogens is 1. The lowest BCUT2D eigenvalue weighted by molar-refractivity contribution is -0.139. The number of carboxylic acids is 1. The van der Waals surface area contributed by atoms with Crippen molar-refractivity contribution in [3.63, 3.8) is 0 Å². The second-order valence-electron chi connectivity index (χ2n) is 5.59. The summed E-state index contributed by atoms with van der Waals surface area (Å²) in [5.41, 5.74) is 1.32. The number of anilines is 1. The van der Waals surface area contributed by atoms with Crippen LogP contribution in [0.25, 0.3) is 6.08 Å². The summed E-state index contributed by atoms with van der Waals surface area (Å²) in [5.74, 6) is -0.356. The van der Waals surface area contributed by atoms with Crippen molar-refractivity contribution in [2.45, 2.75) is 0 Å². The molecule has 0 atom stereocenters. The van der Waals surface area contributed by atoms with Crippen LogP contribution in [0.3, 0.4) is 0 Å². The monoisotopic (exact) mass is 435 g/mol. The first-order chi connectivity index (χ1) is 13.4. The van der Waals surface area contributed by atoms with E-state index < -0.39 is 12.6 Å². The molecule has 1 saturated heterocycles. The summed E-state index contributed by atoms with van der Waals surface area (Å²) < 4.78 is 10.6. The Labute approximate surface area is 175 Å². The molecule has 9 heteroatoms. The molecule has 1 aliphatic rings. The first kappa shape index (κ1) is 20.2. The van der Waals surface area contributed by atoms with Gasteiger partial charge in [-0.3, -0.25) is 9.69 Å². The van der Waals surface area contributed by atoms with Crippen molar-refractivity contribution in [2.24, 2.45) is 0 Å². The Balaban J connectivity index is 1.79. The first-order valence-corrected chi connectivity index (χ1v) is 9.55. The van der Waals surface area contributed by atoms with Gasteiger partial charge in [0.15, 0.2) is 10.9 Å². The molecule has 2 aromatic carbocycles. The van der Waals surface area contributed by atoms with Crippen LogP contribution < -0.4 is 14.4 Å². The van der Waals surface area contributed by atoms with Crippen molar-refractivity contribution in [1.82, 2.24) is 0 Å². The van der Waals surface area contributed by atoms with Crippen molar-refractivity contribution in [3.8, 4) is 11.5 Å². The van der Waals surface area contributed by atoms with E-state index >= 15 is 0 Å².